The third kappa shape index (κ3) is 2.60. The average Bonchev–Trinajstić information content (AvgIpc) is 2.87. The lowest BCUT2D eigenvalue weighted by Gasteiger charge is -2.13. The number of fused-ring (bicyclic) bond motifs is 1. The molecule has 0 bridgehead atoms. The summed E-state index contributed by atoms with van der Waals surface area (Å²) in [4.78, 5) is 12.3. The molecule has 5 heteroatoms. The van der Waals surface area contributed by atoms with Crippen molar-refractivity contribution in [1.82, 2.24) is 0 Å². The molecule has 2 aromatic carbocycles. The van der Waals surface area contributed by atoms with Crippen LogP contribution in [0.5, 0.6) is 0 Å². The summed E-state index contributed by atoms with van der Waals surface area (Å²) in [7, 11) is 0. The molecule has 3 rings (SSSR count). The van der Waals surface area contributed by atoms with E-state index in [2.05, 4.69) is 10.6 Å². The molecule has 1 amide bonds. The highest BCUT2D eigenvalue weighted by molar-refractivity contribution is 6.35. The maximum atomic E-state index is 12.3. The Morgan fingerprint density at radius 2 is 2.00 bits per heavy atom. The molecule has 102 valence electrons. The first-order chi connectivity index (χ1) is 9.63. The highest BCUT2D eigenvalue weighted by atomic mass is 35.5. The molecule has 1 aliphatic rings. The van der Waals surface area contributed by atoms with Crippen molar-refractivity contribution in [3.8, 4) is 0 Å². The number of carbonyl (C=O) groups is 1. The highest BCUT2D eigenvalue weighted by Crippen LogP contribution is 2.28. The fraction of sp³-hybridized carbons (Fsp3) is 0.133. The molecule has 0 spiro atoms. The second kappa shape index (κ2) is 5.35. The van der Waals surface area contributed by atoms with Gasteiger partial charge >= 0.3 is 0 Å². The van der Waals surface area contributed by atoms with Gasteiger partial charge in [-0.05, 0) is 29.8 Å². The third-order valence-corrected chi connectivity index (χ3v) is 3.84. The Balaban J connectivity index is 1.74. The average molecular weight is 307 g/mol. The monoisotopic (exact) mass is 306 g/mol. The number of anilines is 2. The zero-order valence-corrected chi connectivity index (χ0v) is 12.0. The Kier molecular flexibility index (Phi) is 3.55. The van der Waals surface area contributed by atoms with Gasteiger partial charge in [-0.1, -0.05) is 41.4 Å². The first-order valence-corrected chi connectivity index (χ1v) is 6.99. The van der Waals surface area contributed by atoms with Crippen molar-refractivity contribution in [2.24, 2.45) is 0 Å². The minimum atomic E-state index is -0.289. The van der Waals surface area contributed by atoms with E-state index in [0.717, 1.165) is 11.3 Å². The van der Waals surface area contributed by atoms with Crippen LogP contribution in [-0.4, -0.2) is 11.9 Å². The molecule has 0 radical (unpaired) electrons. The number of hydrogen-bond acceptors (Lipinski definition) is 2. The number of benzene rings is 2. The smallest absolute Gasteiger partial charge is 0.247 e. The lowest BCUT2D eigenvalue weighted by atomic mass is 10.1. The molecule has 0 aromatic heterocycles. The Bertz CT molecular complexity index is 648. The van der Waals surface area contributed by atoms with Crippen molar-refractivity contribution >= 4 is 40.5 Å². The van der Waals surface area contributed by atoms with Crippen LogP contribution in [-0.2, 0) is 11.2 Å². The lowest BCUT2D eigenvalue weighted by molar-refractivity contribution is -0.116. The van der Waals surface area contributed by atoms with E-state index < -0.39 is 0 Å². The molecule has 2 aromatic rings. The van der Waals surface area contributed by atoms with E-state index in [-0.39, 0.29) is 11.9 Å². The molecule has 2 N–H and O–H groups in total. The van der Waals surface area contributed by atoms with Crippen LogP contribution >= 0.6 is 23.2 Å². The highest BCUT2D eigenvalue weighted by Gasteiger charge is 2.26. The van der Waals surface area contributed by atoms with Gasteiger partial charge in [0.2, 0.25) is 5.91 Å². The number of rotatable bonds is 2. The summed E-state index contributed by atoms with van der Waals surface area (Å²) in [6.07, 6.45) is 0.667. The van der Waals surface area contributed by atoms with Gasteiger partial charge in [-0.2, -0.15) is 0 Å². The fourth-order valence-corrected chi connectivity index (χ4v) is 2.61. The van der Waals surface area contributed by atoms with E-state index in [1.807, 2.05) is 24.3 Å². The van der Waals surface area contributed by atoms with Gasteiger partial charge in [0.25, 0.3) is 0 Å². The van der Waals surface area contributed by atoms with Crippen LogP contribution in [0.15, 0.2) is 42.5 Å². The van der Waals surface area contributed by atoms with Crippen molar-refractivity contribution < 1.29 is 4.79 Å². The van der Waals surface area contributed by atoms with Gasteiger partial charge in [-0.15, -0.1) is 0 Å². The first-order valence-electron chi connectivity index (χ1n) is 6.24. The van der Waals surface area contributed by atoms with E-state index in [1.165, 1.54) is 0 Å². The summed E-state index contributed by atoms with van der Waals surface area (Å²) in [5.41, 5.74) is 2.68. The van der Waals surface area contributed by atoms with Crippen LogP contribution in [0.4, 0.5) is 11.4 Å². The van der Waals surface area contributed by atoms with E-state index in [0.29, 0.717) is 22.2 Å². The quantitative estimate of drug-likeness (QED) is 0.881. The van der Waals surface area contributed by atoms with Gasteiger partial charge in [0.15, 0.2) is 0 Å². The van der Waals surface area contributed by atoms with E-state index >= 15 is 0 Å². The van der Waals surface area contributed by atoms with Crippen LogP contribution in [0.3, 0.4) is 0 Å². The van der Waals surface area contributed by atoms with Gasteiger partial charge in [0.1, 0.15) is 6.04 Å². The number of carbonyl (C=O) groups excluding carboxylic acids is 1. The Morgan fingerprint density at radius 1 is 1.20 bits per heavy atom. The minimum Gasteiger partial charge on any atom is -0.373 e. The van der Waals surface area contributed by atoms with Crippen LogP contribution in [0.25, 0.3) is 0 Å². The number of nitrogens with one attached hydrogen (secondary N) is 2. The molecule has 0 saturated heterocycles. The Morgan fingerprint density at radius 3 is 2.80 bits per heavy atom. The van der Waals surface area contributed by atoms with Gasteiger partial charge in [0, 0.05) is 17.1 Å². The van der Waals surface area contributed by atoms with E-state index in [9.17, 15) is 4.79 Å². The summed E-state index contributed by atoms with van der Waals surface area (Å²) in [6, 6.07) is 12.6. The molecule has 0 aliphatic carbocycles. The lowest BCUT2D eigenvalue weighted by Crippen LogP contribution is -2.32. The number of para-hydroxylation sites is 1. The van der Waals surface area contributed by atoms with Crippen molar-refractivity contribution in [3.05, 3.63) is 58.1 Å². The number of halogens is 2. The molecular weight excluding hydrogens is 295 g/mol. The Labute approximate surface area is 126 Å². The second-order valence-electron chi connectivity index (χ2n) is 4.67. The van der Waals surface area contributed by atoms with E-state index in [1.54, 1.807) is 18.2 Å². The first kappa shape index (κ1) is 13.3. The molecule has 3 nitrogen and oxygen atoms in total. The SMILES string of the molecule is O=C(Nc1cc(Cl)ccc1Cl)C1Cc2ccccc2N1. The van der Waals surface area contributed by atoms with Crippen molar-refractivity contribution in [3.63, 3.8) is 0 Å². The molecule has 1 unspecified atom stereocenters. The van der Waals surface area contributed by atoms with Gasteiger partial charge in [0.05, 0.1) is 10.7 Å². The standard InChI is InChI=1S/C15H12Cl2N2O/c16-10-5-6-11(17)13(8-10)19-15(20)14-7-9-3-1-2-4-12(9)18-14/h1-6,8,14,18H,7H2,(H,19,20). The normalized spacial score (nSPS) is 16.4. The molecule has 1 atom stereocenters. The largest absolute Gasteiger partial charge is 0.373 e. The number of hydrogen-bond donors (Lipinski definition) is 2. The summed E-state index contributed by atoms with van der Waals surface area (Å²) in [5.74, 6) is -0.120. The van der Waals surface area contributed by atoms with Crippen LogP contribution in [0.2, 0.25) is 10.0 Å². The number of amides is 1. The van der Waals surface area contributed by atoms with Gasteiger partial charge in [-0.25, -0.2) is 0 Å². The molecule has 0 saturated carbocycles. The van der Waals surface area contributed by atoms with Crippen molar-refractivity contribution in [2.45, 2.75) is 12.5 Å². The molecule has 1 aliphatic heterocycles. The topological polar surface area (TPSA) is 41.1 Å². The van der Waals surface area contributed by atoms with Crippen LogP contribution in [0.1, 0.15) is 5.56 Å². The second-order valence-corrected chi connectivity index (χ2v) is 5.52. The summed E-state index contributed by atoms with van der Waals surface area (Å²) in [5, 5.41) is 7.02. The minimum absolute atomic E-state index is 0.120. The van der Waals surface area contributed by atoms with Crippen molar-refractivity contribution in [1.29, 1.82) is 0 Å². The van der Waals surface area contributed by atoms with Crippen LogP contribution < -0.4 is 10.6 Å². The maximum Gasteiger partial charge on any atom is 0.247 e. The summed E-state index contributed by atoms with van der Waals surface area (Å²) < 4.78 is 0. The maximum absolute atomic E-state index is 12.3. The molecule has 0 fully saturated rings. The third-order valence-electron chi connectivity index (χ3n) is 3.27. The Hall–Kier alpha value is -1.71. The summed E-state index contributed by atoms with van der Waals surface area (Å²) in [6.45, 7) is 0. The molecule has 1 heterocycles. The molecule has 20 heavy (non-hydrogen) atoms. The van der Waals surface area contributed by atoms with Crippen LogP contribution in [0, 0.1) is 0 Å². The van der Waals surface area contributed by atoms with E-state index in [4.69, 9.17) is 23.2 Å². The predicted octanol–water partition coefficient (Wildman–Crippen LogP) is 3.97. The fourth-order valence-electron chi connectivity index (χ4n) is 2.27. The predicted molar refractivity (Wildman–Crippen MR) is 82.6 cm³/mol. The summed E-state index contributed by atoms with van der Waals surface area (Å²) >= 11 is 11.9. The molecular formula is C15H12Cl2N2O. The van der Waals surface area contributed by atoms with Crippen molar-refractivity contribution in [2.75, 3.05) is 10.6 Å². The van der Waals surface area contributed by atoms with Gasteiger partial charge in [-0.3, -0.25) is 4.79 Å². The zero-order valence-electron chi connectivity index (χ0n) is 10.5. The zero-order chi connectivity index (χ0) is 14.1. The van der Waals surface area contributed by atoms with Gasteiger partial charge < -0.3 is 10.6 Å².